The second-order valence-corrected chi connectivity index (χ2v) is 6.62. The summed E-state index contributed by atoms with van der Waals surface area (Å²) in [5.74, 6) is 0.0716. The number of hydrogen-bond donors (Lipinski definition) is 1. The van der Waals surface area contributed by atoms with Crippen LogP contribution in [0.4, 0.5) is 14.7 Å². The van der Waals surface area contributed by atoms with Crippen molar-refractivity contribution in [1.29, 1.82) is 0 Å². The molecule has 3 aromatic rings. The molecule has 0 atom stereocenters. The van der Waals surface area contributed by atoms with Crippen molar-refractivity contribution >= 4 is 17.2 Å². The van der Waals surface area contributed by atoms with Crippen LogP contribution in [0.5, 0.6) is 0 Å². The van der Waals surface area contributed by atoms with Crippen molar-refractivity contribution in [2.75, 3.05) is 11.9 Å². The maximum atomic E-state index is 14.2. The number of imidazole rings is 1. The van der Waals surface area contributed by atoms with Gasteiger partial charge in [0.05, 0.1) is 12.2 Å². The van der Waals surface area contributed by atoms with Crippen molar-refractivity contribution in [2.45, 2.75) is 24.9 Å². The molecule has 5 nitrogen and oxygen atoms in total. The van der Waals surface area contributed by atoms with Crippen molar-refractivity contribution in [3.63, 3.8) is 0 Å². The number of hydrogen-bond acceptors (Lipinski definition) is 4. The number of fused-ring (bicyclic) bond motifs is 2. The number of halogens is 2. The first-order valence-electron chi connectivity index (χ1n) is 8.23. The van der Waals surface area contributed by atoms with Gasteiger partial charge in [-0.2, -0.15) is 0 Å². The molecule has 0 bridgehead atoms. The lowest BCUT2D eigenvalue weighted by molar-refractivity contribution is 0.326. The summed E-state index contributed by atoms with van der Waals surface area (Å²) in [6, 6.07) is 1.48. The summed E-state index contributed by atoms with van der Waals surface area (Å²) >= 11 is 0. The maximum Gasteiger partial charge on any atom is 0.223 e. The third kappa shape index (κ3) is 2.47. The summed E-state index contributed by atoms with van der Waals surface area (Å²) in [4.78, 5) is 12.8. The van der Waals surface area contributed by atoms with Gasteiger partial charge in [-0.1, -0.05) is 6.08 Å². The molecule has 0 saturated heterocycles. The van der Waals surface area contributed by atoms with Crippen LogP contribution in [0.2, 0.25) is 0 Å². The summed E-state index contributed by atoms with van der Waals surface area (Å²) in [6.07, 6.45) is 10.7. The highest BCUT2D eigenvalue weighted by molar-refractivity contribution is 5.84. The highest BCUT2D eigenvalue weighted by atomic mass is 19.1. The molecule has 1 N–H and O–H groups in total. The topological polar surface area (TPSA) is 55.1 Å². The number of rotatable bonds is 4. The first-order chi connectivity index (χ1) is 12.1. The first kappa shape index (κ1) is 14.5. The standard InChI is InChI=1S/C18H15F2N5.2H2/c19-14-7-11(9-25-6-5-21-16(14)25)12-1-2-15-13(12)8-22-17(24-15)23-10-18(20)3-4-18;;/h1,5-9H,2-4,10H2,(H,22,23,24);2*1H. The van der Waals surface area contributed by atoms with Gasteiger partial charge in [-0.25, -0.2) is 23.7 Å². The van der Waals surface area contributed by atoms with Gasteiger partial charge in [-0.05, 0) is 24.5 Å². The quantitative estimate of drug-likeness (QED) is 0.785. The number of pyridine rings is 1. The van der Waals surface area contributed by atoms with Gasteiger partial charge in [0, 0.05) is 45.2 Å². The molecule has 0 spiro atoms. The minimum absolute atomic E-state index is 0. The second kappa shape index (κ2) is 5.08. The Morgan fingerprint density at radius 1 is 1.32 bits per heavy atom. The number of aromatic nitrogens is 4. The van der Waals surface area contributed by atoms with Crippen LogP contribution in [0.3, 0.4) is 0 Å². The van der Waals surface area contributed by atoms with Crippen LogP contribution >= 0.6 is 0 Å². The van der Waals surface area contributed by atoms with Gasteiger partial charge in [0.25, 0.3) is 0 Å². The van der Waals surface area contributed by atoms with Crippen molar-refractivity contribution in [2.24, 2.45) is 0 Å². The summed E-state index contributed by atoms with van der Waals surface area (Å²) in [5.41, 5.74) is 2.61. The van der Waals surface area contributed by atoms with E-state index in [2.05, 4.69) is 20.3 Å². The van der Waals surface area contributed by atoms with Crippen molar-refractivity contribution in [1.82, 2.24) is 19.4 Å². The Balaban J connectivity index is 0.00000105. The van der Waals surface area contributed by atoms with Crippen LogP contribution in [-0.4, -0.2) is 31.6 Å². The molecule has 7 heteroatoms. The molecule has 2 aliphatic rings. The minimum atomic E-state index is -1.09. The molecular formula is C18H19F2N5. The summed E-state index contributed by atoms with van der Waals surface area (Å²) in [7, 11) is 0. The molecule has 3 heterocycles. The number of alkyl halides is 1. The fraction of sp³-hybridized carbons (Fsp3) is 0.278. The van der Waals surface area contributed by atoms with E-state index >= 15 is 0 Å². The van der Waals surface area contributed by atoms with E-state index in [1.165, 1.54) is 6.07 Å². The minimum Gasteiger partial charge on any atom is -0.351 e. The van der Waals surface area contributed by atoms with Crippen LogP contribution < -0.4 is 5.32 Å². The van der Waals surface area contributed by atoms with E-state index in [0.717, 1.165) is 22.4 Å². The molecule has 0 radical (unpaired) electrons. The smallest absolute Gasteiger partial charge is 0.223 e. The van der Waals surface area contributed by atoms with Gasteiger partial charge in [0.2, 0.25) is 5.95 Å². The zero-order chi connectivity index (χ0) is 17.0. The number of nitrogens with zero attached hydrogens (tertiary/aromatic N) is 4. The predicted octanol–water partition coefficient (Wildman–Crippen LogP) is 3.66. The zero-order valence-corrected chi connectivity index (χ0v) is 13.3. The maximum absolute atomic E-state index is 14.2. The Kier molecular flexibility index (Phi) is 2.95. The highest BCUT2D eigenvalue weighted by Gasteiger charge is 2.43. The van der Waals surface area contributed by atoms with E-state index in [9.17, 15) is 8.78 Å². The highest BCUT2D eigenvalue weighted by Crippen LogP contribution is 2.39. The average molecular weight is 343 g/mol. The van der Waals surface area contributed by atoms with Crippen LogP contribution in [0.15, 0.2) is 36.9 Å². The monoisotopic (exact) mass is 343 g/mol. The molecule has 0 aliphatic heterocycles. The summed E-state index contributed by atoms with van der Waals surface area (Å²) in [5, 5.41) is 2.97. The number of nitrogens with one attached hydrogen (secondary N) is 1. The Morgan fingerprint density at radius 2 is 2.20 bits per heavy atom. The molecule has 1 fully saturated rings. The van der Waals surface area contributed by atoms with E-state index in [1.54, 1.807) is 23.0 Å². The Hall–Kier alpha value is -2.83. The molecule has 2 aliphatic carbocycles. The van der Waals surface area contributed by atoms with Gasteiger partial charge in [0.15, 0.2) is 11.5 Å². The lowest BCUT2D eigenvalue weighted by atomic mass is 10.0. The lowest BCUT2D eigenvalue weighted by Crippen LogP contribution is -2.17. The largest absolute Gasteiger partial charge is 0.351 e. The third-order valence-electron chi connectivity index (χ3n) is 4.77. The first-order valence-corrected chi connectivity index (χ1v) is 8.23. The van der Waals surface area contributed by atoms with E-state index in [-0.39, 0.29) is 15.2 Å². The molecule has 0 amide bonds. The Labute approximate surface area is 145 Å². The predicted molar refractivity (Wildman–Crippen MR) is 93.8 cm³/mol. The number of anilines is 1. The third-order valence-corrected chi connectivity index (χ3v) is 4.77. The van der Waals surface area contributed by atoms with E-state index in [1.807, 2.05) is 12.3 Å². The summed E-state index contributed by atoms with van der Waals surface area (Å²) in [6.45, 7) is 0.245. The van der Waals surface area contributed by atoms with Crippen LogP contribution in [0, 0.1) is 5.82 Å². The molecule has 0 aromatic carbocycles. The fourth-order valence-electron chi connectivity index (χ4n) is 3.15. The molecule has 1 saturated carbocycles. The van der Waals surface area contributed by atoms with Gasteiger partial charge in [-0.3, -0.25) is 0 Å². The lowest BCUT2D eigenvalue weighted by Gasteiger charge is -2.10. The summed E-state index contributed by atoms with van der Waals surface area (Å²) < 4.78 is 29.6. The number of allylic oxidation sites excluding steroid dienone is 1. The van der Waals surface area contributed by atoms with Gasteiger partial charge in [0.1, 0.15) is 5.67 Å². The normalized spacial score (nSPS) is 17.4. The zero-order valence-electron chi connectivity index (χ0n) is 13.3. The van der Waals surface area contributed by atoms with Crippen molar-refractivity contribution in [3.8, 4) is 0 Å². The van der Waals surface area contributed by atoms with Crippen LogP contribution in [0.25, 0.3) is 11.2 Å². The van der Waals surface area contributed by atoms with Gasteiger partial charge >= 0.3 is 0 Å². The average Bonchev–Trinajstić information content (AvgIpc) is 3.02. The Bertz CT molecular complexity index is 1030. The Morgan fingerprint density at radius 3 is 3.04 bits per heavy atom. The molecule has 0 unspecified atom stereocenters. The van der Waals surface area contributed by atoms with Gasteiger partial charge < -0.3 is 9.72 Å². The van der Waals surface area contributed by atoms with E-state index in [4.69, 9.17) is 0 Å². The van der Waals surface area contributed by atoms with E-state index in [0.29, 0.717) is 30.9 Å². The van der Waals surface area contributed by atoms with E-state index < -0.39 is 5.67 Å². The molecule has 3 aromatic heterocycles. The molecule has 5 rings (SSSR count). The van der Waals surface area contributed by atoms with Crippen LogP contribution in [0.1, 0.15) is 32.5 Å². The van der Waals surface area contributed by atoms with Crippen molar-refractivity contribution < 1.29 is 11.6 Å². The molecule has 25 heavy (non-hydrogen) atoms. The van der Waals surface area contributed by atoms with Crippen molar-refractivity contribution in [3.05, 3.63) is 59.6 Å². The SMILES string of the molecule is Fc1cc(C2=CCc3nc(NCC4(F)CC4)ncc32)cn2ccnc12.[HH].[HH]. The van der Waals surface area contributed by atoms with Crippen LogP contribution in [-0.2, 0) is 6.42 Å². The molecule has 130 valence electrons. The molecular weight excluding hydrogens is 324 g/mol. The van der Waals surface area contributed by atoms with Gasteiger partial charge in [-0.15, -0.1) is 0 Å². The second-order valence-electron chi connectivity index (χ2n) is 6.62. The fourth-order valence-corrected chi connectivity index (χ4v) is 3.15.